The fraction of sp³-hybridized carbons (Fsp3) is 0.250. The molecule has 0 aliphatic carbocycles. The maximum absolute atomic E-state index is 11.5. The summed E-state index contributed by atoms with van der Waals surface area (Å²) in [7, 11) is 0. The van der Waals surface area contributed by atoms with Gasteiger partial charge in [0.05, 0.1) is 15.6 Å². The quantitative estimate of drug-likeness (QED) is 0.658. The van der Waals surface area contributed by atoms with Gasteiger partial charge in [-0.1, -0.05) is 0 Å². The number of nitro groups is 1. The highest BCUT2D eigenvalue weighted by molar-refractivity contribution is 9.10. The molecule has 1 N–H and O–H groups in total. The summed E-state index contributed by atoms with van der Waals surface area (Å²) in [5.74, 6) is -1.24. The molecule has 0 amide bonds. The Kier molecular flexibility index (Phi) is 3.43. The number of rotatable bonds is 3. The summed E-state index contributed by atoms with van der Waals surface area (Å²) in [4.78, 5) is 32.0. The normalized spacial score (nSPS) is 10.1. The van der Waals surface area contributed by atoms with E-state index in [4.69, 9.17) is 5.11 Å². The summed E-state index contributed by atoms with van der Waals surface area (Å²) in [5, 5.41) is 19.2. The summed E-state index contributed by atoms with van der Waals surface area (Å²) >= 11 is 2.91. The average molecular weight is 291 g/mol. The fourth-order valence-corrected chi connectivity index (χ4v) is 1.58. The zero-order valence-electron chi connectivity index (χ0n) is 8.14. The first-order chi connectivity index (χ1) is 7.34. The molecule has 1 heterocycles. The largest absolute Gasteiger partial charge is 0.480 e. The molecule has 7 nitrogen and oxygen atoms in total. The third-order valence-corrected chi connectivity index (χ3v) is 2.88. The number of nitrogens with zero attached hydrogens (tertiary/aromatic N) is 2. The molecule has 0 radical (unpaired) electrons. The van der Waals surface area contributed by atoms with Crippen molar-refractivity contribution in [1.82, 2.24) is 4.57 Å². The molecule has 0 unspecified atom stereocenters. The molecule has 0 aliphatic rings. The number of hydrogen-bond acceptors (Lipinski definition) is 4. The molecule has 86 valence electrons. The van der Waals surface area contributed by atoms with Crippen molar-refractivity contribution in [2.24, 2.45) is 0 Å². The molecule has 0 spiro atoms. The molecule has 1 aromatic heterocycles. The first-order valence-corrected chi connectivity index (χ1v) is 4.89. The molecule has 1 aromatic rings. The van der Waals surface area contributed by atoms with Crippen LogP contribution in [0.15, 0.2) is 15.5 Å². The maximum atomic E-state index is 11.5. The molecule has 0 saturated heterocycles. The van der Waals surface area contributed by atoms with E-state index >= 15 is 0 Å². The lowest BCUT2D eigenvalue weighted by Crippen LogP contribution is -2.25. The van der Waals surface area contributed by atoms with Crippen molar-refractivity contribution in [3.05, 3.63) is 36.7 Å². The van der Waals surface area contributed by atoms with Crippen LogP contribution in [0.3, 0.4) is 0 Å². The molecule has 8 heteroatoms. The van der Waals surface area contributed by atoms with Gasteiger partial charge in [-0.25, -0.2) is 0 Å². The number of hydrogen-bond donors (Lipinski definition) is 1. The second-order valence-corrected chi connectivity index (χ2v) is 3.83. The Morgan fingerprint density at radius 3 is 2.69 bits per heavy atom. The Morgan fingerprint density at radius 1 is 1.69 bits per heavy atom. The molecule has 0 fully saturated rings. The van der Waals surface area contributed by atoms with Gasteiger partial charge in [0, 0.05) is 5.56 Å². The Bertz CT molecular complexity index is 522. The van der Waals surface area contributed by atoms with Gasteiger partial charge in [0.1, 0.15) is 6.54 Å². The molecule has 16 heavy (non-hydrogen) atoms. The van der Waals surface area contributed by atoms with Crippen LogP contribution in [0.1, 0.15) is 5.56 Å². The minimum absolute atomic E-state index is 0.00273. The average Bonchev–Trinajstić information content (AvgIpc) is 2.18. The number of carbonyl (C=O) groups is 1. The van der Waals surface area contributed by atoms with Gasteiger partial charge in [-0.15, -0.1) is 0 Å². The van der Waals surface area contributed by atoms with Gasteiger partial charge in [-0.2, -0.15) is 0 Å². The zero-order chi connectivity index (χ0) is 12.5. The second kappa shape index (κ2) is 4.44. The topological polar surface area (TPSA) is 102 Å². The number of carboxylic acid groups (broad SMARTS) is 1. The molecule has 0 saturated carbocycles. The molecule has 0 atom stereocenters. The Morgan fingerprint density at radius 2 is 2.25 bits per heavy atom. The van der Waals surface area contributed by atoms with Gasteiger partial charge in [0.15, 0.2) is 0 Å². The standard InChI is InChI=1S/C8H7BrN2O5/c1-4-5(11(15)16)2-10(3-6(12)13)8(14)7(4)9/h2H,3H2,1H3,(H,12,13). The molecule has 0 aliphatic heterocycles. The van der Waals surface area contributed by atoms with E-state index in [1.807, 2.05) is 0 Å². The third-order valence-electron chi connectivity index (χ3n) is 1.94. The van der Waals surface area contributed by atoms with E-state index in [0.717, 1.165) is 10.8 Å². The second-order valence-electron chi connectivity index (χ2n) is 3.04. The monoisotopic (exact) mass is 290 g/mol. The van der Waals surface area contributed by atoms with Crippen molar-refractivity contribution >= 4 is 27.6 Å². The molecule has 0 bridgehead atoms. The van der Waals surface area contributed by atoms with E-state index in [2.05, 4.69) is 15.9 Å². The van der Waals surface area contributed by atoms with Crippen LogP contribution < -0.4 is 5.56 Å². The van der Waals surface area contributed by atoms with E-state index in [9.17, 15) is 19.7 Å². The van der Waals surface area contributed by atoms with Crippen LogP contribution in [0.4, 0.5) is 5.69 Å². The molecule has 0 aromatic carbocycles. The minimum Gasteiger partial charge on any atom is -0.480 e. The molecular formula is C8H7BrN2O5. The first-order valence-electron chi connectivity index (χ1n) is 4.10. The first kappa shape index (κ1) is 12.4. The minimum atomic E-state index is -1.24. The van der Waals surface area contributed by atoms with Gasteiger partial charge in [0.25, 0.3) is 11.2 Å². The van der Waals surface area contributed by atoms with Gasteiger partial charge in [-0.05, 0) is 22.9 Å². The summed E-state index contributed by atoms with van der Waals surface area (Å²) in [6.07, 6.45) is 0.927. The van der Waals surface area contributed by atoms with Gasteiger partial charge < -0.3 is 5.11 Å². The van der Waals surface area contributed by atoms with Crippen LogP contribution in [0, 0.1) is 17.0 Å². The SMILES string of the molecule is Cc1c([N+](=O)[O-])cn(CC(=O)O)c(=O)c1Br. The summed E-state index contributed by atoms with van der Waals surface area (Å²) in [6.45, 7) is 0.799. The van der Waals surface area contributed by atoms with Crippen molar-refractivity contribution < 1.29 is 14.8 Å². The Labute approximate surface area is 97.6 Å². The third kappa shape index (κ3) is 2.27. The van der Waals surface area contributed by atoms with E-state index in [1.54, 1.807) is 0 Å². The summed E-state index contributed by atoms with van der Waals surface area (Å²) in [6, 6.07) is 0. The van der Waals surface area contributed by atoms with E-state index < -0.39 is 23.0 Å². The van der Waals surface area contributed by atoms with Crippen molar-refractivity contribution in [2.75, 3.05) is 0 Å². The van der Waals surface area contributed by atoms with E-state index in [0.29, 0.717) is 0 Å². The van der Waals surface area contributed by atoms with Crippen LogP contribution in [0.2, 0.25) is 0 Å². The lowest BCUT2D eigenvalue weighted by molar-refractivity contribution is -0.386. The van der Waals surface area contributed by atoms with Crippen LogP contribution in [-0.2, 0) is 11.3 Å². The van der Waals surface area contributed by atoms with Crippen LogP contribution in [0.5, 0.6) is 0 Å². The maximum Gasteiger partial charge on any atom is 0.323 e. The van der Waals surface area contributed by atoms with E-state index in [-0.39, 0.29) is 15.7 Å². The number of pyridine rings is 1. The number of carboxylic acids is 1. The highest BCUT2D eigenvalue weighted by Gasteiger charge is 2.19. The number of aromatic nitrogens is 1. The van der Waals surface area contributed by atoms with Crippen molar-refractivity contribution in [3.8, 4) is 0 Å². The lowest BCUT2D eigenvalue weighted by Gasteiger charge is -2.05. The smallest absolute Gasteiger partial charge is 0.323 e. The van der Waals surface area contributed by atoms with Crippen LogP contribution in [0.25, 0.3) is 0 Å². The highest BCUT2D eigenvalue weighted by atomic mass is 79.9. The molecular weight excluding hydrogens is 284 g/mol. The Balaban J connectivity index is 3.47. The number of halogens is 1. The number of aliphatic carboxylic acids is 1. The van der Waals surface area contributed by atoms with Gasteiger partial charge >= 0.3 is 5.97 Å². The van der Waals surface area contributed by atoms with Crippen LogP contribution in [-0.4, -0.2) is 20.6 Å². The fourth-order valence-electron chi connectivity index (χ4n) is 1.15. The summed E-state index contributed by atoms with van der Waals surface area (Å²) in [5.41, 5.74) is -0.727. The molecule has 1 rings (SSSR count). The van der Waals surface area contributed by atoms with E-state index in [1.165, 1.54) is 6.92 Å². The van der Waals surface area contributed by atoms with Crippen molar-refractivity contribution in [2.45, 2.75) is 13.5 Å². The highest BCUT2D eigenvalue weighted by Crippen LogP contribution is 2.21. The predicted octanol–water partition coefficient (Wildman–Crippen LogP) is 0.912. The summed E-state index contributed by atoms with van der Waals surface area (Å²) < 4.78 is 0.778. The lowest BCUT2D eigenvalue weighted by atomic mass is 10.2. The van der Waals surface area contributed by atoms with Crippen molar-refractivity contribution in [3.63, 3.8) is 0 Å². The predicted molar refractivity (Wildman–Crippen MR) is 57.4 cm³/mol. The van der Waals surface area contributed by atoms with Gasteiger partial charge in [-0.3, -0.25) is 24.3 Å². The van der Waals surface area contributed by atoms with Crippen LogP contribution >= 0.6 is 15.9 Å². The van der Waals surface area contributed by atoms with Crippen molar-refractivity contribution in [1.29, 1.82) is 0 Å². The Hall–Kier alpha value is -1.70. The zero-order valence-corrected chi connectivity index (χ0v) is 9.72. The van der Waals surface area contributed by atoms with Gasteiger partial charge in [0.2, 0.25) is 0 Å².